The quantitative estimate of drug-likeness (QED) is 0.321. The normalized spacial score (nSPS) is 12.8. The minimum Gasteiger partial charge on any atom is -0.494 e. The summed E-state index contributed by atoms with van der Waals surface area (Å²) in [4.78, 5) is 23.1. The summed E-state index contributed by atoms with van der Waals surface area (Å²) in [5.41, 5.74) is 0.615. The van der Waals surface area contributed by atoms with E-state index in [4.69, 9.17) is 9.47 Å². The number of carbonyl (C=O) groups excluding carboxylic acids is 2. The lowest BCUT2D eigenvalue weighted by atomic mass is 9.87. The second-order valence-corrected chi connectivity index (χ2v) is 7.90. The molecule has 0 fully saturated rings. The van der Waals surface area contributed by atoms with Crippen LogP contribution >= 0.6 is 0 Å². The summed E-state index contributed by atoms with van der Waals surface area (Å²) in [7, 11) is 0. The van der Waals surface area contributed by atoms with Crippen molar-refractivity contribution in [3.63, 3.8) is 0 Å². The fourth-order valence-electron chi connectivity index (χ4n) is 3.59. The van der Waals surface area contributed by atoms with E-state index < -0.39 is 5.54 Å². The second-order valence-electron chi connectivity index (χ2n) is 7.90. The highest BCUT2D eigenvalue weighted by atomic mass is 16.5. The van der Waals surface area contributed by atoms with Crippen molar-refractivity contribution in [1.29, 1.82) is 0 Å². The average Bonchev–Trinajstić information content (AvgIpc) is 2.67. The van der Waals surface area contributed by atoms with Crippen molar-refractivity contribution in [3.05, 3.63) is 29.8 Å². The SMILES string of the molecule is CCCCCCCOc1cccc(CCC(CCC)(COC(C)=O)NC(C)=O)c1. The molecule has 1 unspecified atom stereocenters. The highest BCUT2D eigenvalue weighted by molar-refractivity contribution is 5.74. The monoisotopic (exact) mass is 405 g/mol. The number of esters is 1. The Morgan fingerprint density at radius 3 is 2.41 bits per heavy atom. The standard InChI is InChI=1S/C24H39NO4/c1-5-7-8-9-10-17-28-23-13-11-12-22(18-23)14-16-24(15-6-2,25-20(3)26)19-29-21(4)27/h11-13,18H,5-10,14-17,19H2,1-4H3,(H,25,26). The third-order valence-electron chi connectivity index (χ3n) is 5.03. The van der Waals surface area contributed by atoms with Gasteiger partial charge in [0.2, 0.25) is 5.91 Å². The van der Waals surface area contributed by atoms with Gasteiger partial charge in [0, 0.05) is 13.8 Å². The van der Waals surface area contributed by atoms with Crippen LogP contribution in [0.2, 0.25) is 0 Å². The maximum Gasteiger partial charge on any atom is 0.302 e. The lowest BCUT2D eigenvalue weighted by Crippen LogP contribution is -2.51. The molecule has 0 aliphatic heterocycles. The van der Waals surface area contributed by atoms with Gasteiger partial charge in [-0.2, -0.15) is 0 Å². The molecule has 0 aliphatic carbocycles. The predicted molar refractivity (Wildman–Crippen MR) is 117 cm³/mol. The summed E-state index contributed by atoms with van der Waals surface area (Å²) in [6, 6.07) is 8.14. The Bertz CT molecular complexity index is 617. The van der Waals surface area contributed by atoms with E-state index >= 15 is 0 Å². The molecule has 1 rings (SSSR count). The van der Waals surface area contributed by atoms with Crippen LogP contribution in [-0.2, 0) is 20.7 Å². The fraction of sp³-hybridized carbons (Fsp3) is 0.667. The summed E-state index contributed by atoms with van der Waals surface area (Å²) in [5.74, 6) is 0.453. The van der Waals surface area contributed by atoms with Crippen LogP contribution in [0.5, 0.6) is 5.75 Å². The van der Waals surface area contributed by atoms with Crippen molar-refractivity contribution in [2.24, 2.45) is 0 Å². The maximum atomic E-state index is 11.8. The Morgan fingerprint density at radius 1 is 1.00 bits per heavy atom. The number of carbonyl (C=O) groups is 2. The number of ether oxygens (including phenoxy) is 2. The number of hydrogen-bond donors (Lipinski definition) is 1. The van der Waals surface area contributed by atoms with Crippen molar-refractivity contribution in [2.75, 3.05) is 13.2 Å². The van der Waals surface area contributed by atoms with Gasteiger partial charge in [-0.05, 0) is 43.4 Å². The van der Waals surface area contributed by atoms with Gasteiger partial charge in [-0.25, -0.2) is 0 Å². The second kappa shape index (κ2) is 14.0. The largest absolute Gasteiger partial charge is 0.494 e. The first-order valence-electron chi connectivity index (χ1n) is 11.0. The highest BCUT2D eigenvalue weighted by Gasteiger charge is 2.31. The van der Waals surface area contributed by atoms with Crippen LogP contribution in [-0.4, -0.2) is 30.6 Å². The molecule has 5 heteroatoms. The zero-order valence-electron chi connectivity index (χ0n) is 18.7. The van der Waals surface area contributed by atoms with E-state index in [9.17, 15) is 9.59 Å². The third kappa shape index (κ3) is 10.9. The fourth-order valence-corrected chi connectivity index (χ4v) is 3.59. The average molecular weight is 406 g/mol. The van der Waals surface area contributed by atoms with Gasteiger partial charge >= 0.3 is 5.97 Å². The molecule has 0 heterocycles. The Hall–Kier alpha value is -2.04. The van der Waals surface area contributed by atoms with E-state index in [-0.39, 0.29) is 18.5 Å². The third-order valence-corrected chi connectivity index (χ3v) is 5.03. The summed E-state index contributed by atoms with van der Waals surface area (Å²) in [5, 5.41) is 3.05. The van der Waals surface area contributed by atoms with Crippen LogP contribution in [0.15, 0.2) is 24.3 Å². The van der Waals surface area contributed by atoms with Crippen LogP contribution in [0, 0.1) is 0 Å². The topological polar surface area (TPSA) is 64.6 Å². The Balaban J connectivity index is 2.67. The molecule has 1 aromatic carbocycles. The van der Waals surface area contributed by atoms with Crippen molar-refractivity contribution >= 4 is 11.9 Å². The van der Waals surface area contributed by atoms with Crippen molar-refractivity contribution in [3.8, 4) is 5.75 Å². The molecule has 1 N–H and O–H groups in total. The summed E-state index contributed by atoms with van der Waals surface area (Å²) in [6.45, 7) is 8.13. The van der Waals surface area contributed by atoms with E-state index in [2.05, 4.69) is 31.3 Å². The lowest BCUT2D eigenvalue weighted by Gasteiger charge is -2.34. The summed E-state index contributed by atoms with van der Waals surface area (Å²) < 4.78 is 11.2. The number of benzene rings is 1. The molecular formula is C24H39NO4. The van der Waals surface area contributed by atoms with E-state index in [1.807, 2.05) is 12.1 Å². The Labute approximate surface area is 176 Å². The molecule has 0 saturated carbocycles. The maximum absolute atomic E-state index is 11.8. The number of nitrogens with one attached hydrogen (secondary N) is 1. The van der Waals surface area contributed by atoms with Gasteiger partial charge < -0.3 is 14.8 Å². The number of rotatable bonds is 15. The molecule has 1 aromatic rings. The molecule has 0 radical (unpaired) electrons. The number of unbranched alkanes of at least 4 members (excludes halogenated alkanes) is 4. The zero-order valence-corrected chi connectivity index (χ0v) is 18.7. The molecule has 1 amide bonds. The Morgan fingerprint density at radius 2 is 1.76 bits per heavy atom. The van der Waals surface area contributed by atoms with Crippen LogP contribution < -0.4 is 10.1 Å². The predicted octanol–water partition coefficient (Wildman–Crippen LogP) is 5.21. The lowest BCUT2D eigenvalue weighted by molar-refractivity contribution is -0.144. The first kappa shape index (κ1) is 25.0. The Kier molecular flexibility index (Phi) is 12.1. The first-order valence-corrected chi connectivity index (χ1v) is 11.0. The smallest absolute Gasteiger partial charge is 0.302 e. The van der Waals surface area contributed by atoms with Crippen molar-refractivity contribution in [1.82, 2.24) is 5.32 Å². The van der Waals surface area contributed by atoms with E-state index in [0.717, 1.165) is 43.6 Å². The van der Waals surface area contributed by atoms with E-state index in [0.29, 0.717) is 6.42 Å². The van der Waals surface area contributed by atoms with Gasteiger partial charge in [0.1, 0.15) is 12.4 Å². The molecule has 0 aromatic heterocycles. The molecule has 0 spiro atoms. The minimum absolute atomic E-state index is 0.106. The molecule has 1 atom stereocenters. The van der Waals surface area contributed by atoms with E-state index in [1.54, 1.807) is 0 Å². The van der Waals surface area contributed by atoms with E-state index in [1.165, 1.54) is 39.5 Å². The van der Waals surface area contributed by atoms with Crippen LogP contribution in [0.4, 0.5) is 0 Å². The van der Waals surface area contributed by atoms with Gasteiger partial charge in [0.05, 0.1) is 12.1 Å². The number of amides is 1. The number of aryl methyl sites for hydroxylation is 1. The number of hydrogen-bond acceptors (Lipinski definition) is 4. The molecule has 0 saturated heterocycles. The van der Waals surface area contributed by atoms with Crippen molar-refractivity contribution in [2.45, 2.75) is 91.0 Å². The van der Waals surface area contributed by atoms with Crippen LogP contribution in [0.1, 0.15) is 84.6 Å². The molecular weight excluding hydrogens is 366 g/mol. The molecule has 164 valence electrons. The van der Waals surface area contributed by atoms with Gasteiger partial charge in [-0.15, -0.1) is 0 Å². The highest BCUT2D eigenvalue weighted by Crippen LogP contribution is 2.23. The van der Waals surface area contributed by atoms with Gasteiger partial charge in [0.15, 0.2) is 0 Å². The van der Waals surface area contributed by atoms with Crippen LogP contribution in [0.3, 0.4) is 0 Å². The zero-order chi connectivity index (χ0) is 21.5. The summed E-state index contributed by atoms with van der Waals surface area (Å²) in [6.07, 6.45) is 9.22. The van der Waals surface area contributed by atoms with Crippen molar-refractivity contribution < 1.29 is 19.1 Å². The summed E-state index contributed by atoms with van der Waals surface area (Å²) >= 11 is 0. The molecule has 5 nitrogen and oxygen atoms in total. The van der Waals surface area contributed by atoms with Gasteiger partial charge in [0.25, 0.3) is 0 Å². The van der Waals surface area contributed by atoms with Crippen LogP contribution in [0.25, 0.3) is 0 Å². The molecule has 0 bridgehead atoms. The molecule has 0 aliphatic rings. The van der Waals surface area contributed by atoms with Gasteiger partial charge in [-0.3, -0.25) is 9.59 Å². The first-order chi connectivity index (χ1) is 13.9. The van der Waals surface area contributed by atoms with Gasteiger partial charge in [-0.1, -0.05) is 58.1 Å². The molecule has 29 heavy (non-hydrogen) atoms. The minimum atomic E-state index is -0.539.